The van der Waals surface area contributed by atoms with E-state index < -0.39 is 12.1 Å². The van der Waals surface area contributed by atoms with Crippen LogP contribution >= 0.6 is 11.6 Å². The first kappa shape index (κ1) is 22.2. The molecule has 168 valence electrons. The van der Waals surface area contributed by atoms with Gasteiger partial charge >= 0.3 is 5.97 Å². The van der Waals surface area contributed by atoms with Crippen LogP contribution in [-0.2, 0) is 9.53 Å². The molecule has 1 aliphatic heterocycles. The molecule has 2 heterocycles. The first-order valence-electron chi connectivity index (χ1n) is 10.5. The minimum Gasteiger partial charge on any atom is -0.493 e. The lowest BCUT2D eigenvalue weighted by Gasteiger charge is -2.28. The van der Waals surface area contributed by atoms with Crippen molar-refractivity contribution >= 4 is 17.6 Å². The molecule has 1 unspecified atom stereocenters. The van der Waals surface area contributed by atoms with Gasteiger partial charge in [0.15, 0.2) is 11.5 Å². The van der Waals surface area contributed by atoms with Crippen molar-refractivity contribution in [1.29, 1.82) is 0 Å². The molecule has 0 radical (unpaired) electrons. The fourth-order valence-electron chi connectivity index (χ4n) is 4.38. The second kappa shape index (κ2) is 9.27. The molecule has 1 aliphatic rings. The summed E-state index contributed by atoms with van der Waals surface area (Å²) in [5.41, 5.74) is 3.64. The zero-order valence-electron chi connectivity index (χ0n) is 18.2. The quantitative estimate of drug-likeness (QED) is 0.486. The molecule has 7 heteroatoms. The Balaban J connectivity index is 1.89. The minimum atomic E-state index is -0.818. The average molecular weight is 456 g/mol. The number of hydrogen-bond acceptors (Lipinski definition) is 4. The Bertz CT molecular complexity index is 1130. The molecule has 2 aromatic carbocycles. The van der Waals surface area contributed by atoms with Crippen LogP contribution in [0.2, 0.25) is 5.02 Å². The second-order valence-electron chi connectivity index (χ2n) is 7.94. The van der Waals surface area contributed by atoms with Crippen molar-refractivity contribution in [3.05, 3.63) is 76.6 Å². The third kappa shape index (κ3) is 4.08. The van der Waals surface area contributed by atoms with Crippen molar-refractivity contribution in [3.63, 3.8) is 0 Å². The number of aromatic nitrogens is 1. The number of rotatable bonds is 7. The highest BCUT2D eigenvalue weighted by Crippen LogP contribution is 2.47. The number of benzene rings is 2. The molecule has 0 saturated heterocycles. The van der Waals surface area contributed by atoms with E-state index in [1.165, 1.54) is 0 Å². The zero-order chi connectivity index (χ0) is 22.8. The van der Waals surface area contributed by atoms with Crippen molar-refractivity contribution in [1.82, 2.24) is 4.57 Å². The molecule has 0 saturated carbocycles. The van der Waals surface area contributed by atoms with Gasteiger partial charge in [0.25, 0.3) is 0 Å². The number of para-hydroxylation sites is 1. The Hall–Kier alpha value is -2.96. The number of carboxylic acid groups (broad SMARTS) is 1. The van der Waals surface area contributed by atoms with E-state index >= 15 is 0 Å². The maximum absolute atomic E-state index is 11.2. The highest BCUT2D eigenvalue weighted by atomic mass is 35.5. The molecule has 6 nitrogen and oxygen atoms in total. The summed E-state index contributed by atoms with van der Waals surface area (Å²) in [5, 5.41) is 9.81. The van der Waals surface area contributed by atoms with Crippen LogP contribution in [0.4, 0.5) is 0 Å². The molecule has 32 heavy (non-hydrogen) atoms. The van der Waals surface area contributed by atoms with Gasteiger partial charge in [-0.15, -0.1) is 0 Å². The predicted octanol–water partition coefficient (Wildman–Crippen LogP) is 5.81. The predicted molar refractivity (Wildman–Crippen MR) is 122 cm³/mol. The van der Waals surface area contributed by atoms with E-state index in [0.717, 1.165) is 22.5 Å². The van der Waals surface area contributed by atoms with Gasteiger partial charge in [-0.25, -0.2) is 0 Å². The summed E-state index contributed by atoms with van der Waals surface area (Å²) in [4.78, 5) is 11.2. The molecular weight excluding hydrogens is 430 g/mol. The van der Waals surface area contributed by atoms with Gasteiger partial charge in [-0.1, -0.05) is 30.7 Å². The average Bonchev–Trinajstić information content (AvgIpc) is 3.22. The molecule has 3 aromatic rings. The Labute approximate surface area is 192 Å². The van der Waals surface area contributed by atoms with E-state index in [4.69, 9.17) is 25.8 Å². The van der Waals surface area contributed by atoms with E-state index in [2.05, 4.69) is 4.57 Å². The number of fused-ring (bicyclic) bond motifs is 3. The Morgan fingerprint density at radius 1 is 1.16 bits per heavy atom. The molecule has 0 fully saturated rings. The normalized spacial score (nSPS) is 18.2. The number of halogens is 1. The largest absolute Gasteiger partial charge is 0.493 e. The molecule has 0 bridgehead atoms. The first-order valence-corrected chi connectivity index (χ1v) is 10.9. The highest BCUT2D eigenvalue weighted by Gasteiger charge is 2.35. The number of aliphatic carboxylic acids is 1. The van der Waals surface area contributed by atoms with Gasteiger partial charge in [0.05, 0.1) is 25.6 Å². The smallest absolute Gasteiger partial charge is 0.303 e. The fourth-order valence-corrected chi connectivity index (χ4v) is 4.56. The molecule has 0 spiro atoms. The van der Waals surface area contributed by atoms with Crippen LogP contribution in [0.3, 0.4) is 0 Å². The molecule has 3 atom stereocenters. The maximum Gasteiger partial charge on any atom is 0.303 e. The van der Waals surface area contributed by atoms with Crippen molar-refractivity contribution in [2.45, 2.75) is 32.0 Å². The Morgan fingerprint density at radius 2 is 1.97 bits per heavy atom. The highest BCUT2D eigenvalue weighted by molar-refractivity contribution is 6.30. The van der Waals surface area contributed by atoms with Gasteiger partial charge in [-0.05, 0) is 48.7 Å². The van der Waals surface area contributed by atoms with Crippen molar-refractivity contribution in [2.24, 2.45) is 5.92 Å². The Kier molecular flexibility index (Phi) is 6.44. The van der Waals surface area contributed by atoms with Crippen LogP contribution in [0.15, 0.2) is 54.7 Å². The van der Waals surface area contributed by atoms with Gasteiger partial charge in [0, 0.05) is 28.8 Å². The number of carbonyl (C=O) groups is 1. The van der Waals surface area contributed by atoms with Gasteiger partial charge in [0.2, 0.25) is 0 Å². The number of methoxy groups -OCH3 is 2. The van der Waals surface area contributed by atoms with Crippen LogP contribution in [-0.4, -0.2) is 29.9 Å². The summed E-state index contributed by atoms with van der Waals surface area (Å²) in [6.07, 6.45) is 1.73. The van der Waals surface area contributed by atoms with Crippen LogP contribution < -0.4 is 9.47 Å². The summed E-state index contributed by atoms with van der Waals surface area (Å²) in [5.74, 6) is 0.344. The molecular formula is C25H26ClNO5. The lowest BCUT2D eigenvalue weighted by atomic mass is 9.95. The van der Waals surface area contributed by atoms with E-state index in [-0.39, 0.29) is 18.4 Å². The molecule has 4 rings (SSSR count). The first-order chi connectivity index (χ1) is 15.4. The fraction of sp³-hybridized carbons (Fsp3) is 0.320. The van der Waals surface area contributed by atoms with Crippen LogP contribution in [0.1, 0.15) is 48.8 Å². The molecule has 1 aromatic heterocycles. The van der Waals surface area contributed by atoms with Crippen molar-refractivity contribution in [3.8, 4) is 17.2 Å². The third-order valence-electron chi connectivity index (χ3n) is 5.93. The summed E-state index contributed by atoms with van der Waals surface area (Å²) < 4.78 is 20.1. The van der Waals surface area contributed by atoms with Crippen molar-refractivity contribution in [2.75, 3.05) is 14.2 Å². The van der Waals surface area contributed by atoms with Gasteiger partial charge in [0.1, 0.15) is 12.2 Å². The third-order valence-corrected chi connectivity index (χ3v) is 6.17. The molecule has 0 aliphatic carbocycles. The topological polar surface area (TPSA) is 69.9 Å². The van der Waals surface area contributed by atoms with Crippen molar-refractivity contribution < 1.29 is 24.1 Å². The number of hydrogen-bond donors (Lipinski definition) is 1. The van der Waals surface area contributed by atoms with Gasteiger partial charge in [-0.2, -0.15) is 0 Å². The van der Waals surface area contributed by atoms with Crippen LogP contribution in [0, 0.1) is 5.92 Å². The lowest BCUT2D eigenvalue weighted by Crippen LogP contribution is -2.18. The lowest BCUT2D eigenvalue weighted by molar-refractivity contribution is -0.137. The summed E-state index contributed by atoms with van der Waals surface area (Å²) >= 11 is 6.41. The van der Waals surface area contributed by atoms with E-state index in [1.54, 1.807) is 14.2 Å². The van der Waals surface area contributed by atoms with Crippen LogP contribution in [0.25, 0.3) is 5.69 Å². The molecule has 0 amide bonds. The standard InChI is InChI=1S/C25H26ClNO5/c1-15(9-12-22(28)29)23-20-7-5-13-27(20)19-11-10-16(26)14-18(19)24(32-23)17-6-4-8-21(30-2)25(17)31-3/h4-8,10-11,13-15,23-24H,9,12H2,1-3H3,(H,28,29)/t15?,23-,24-/m1/s1. The van der Waals surface area contributed by atoms with E-state index in [0.29, 0.717) is 22.9 Å². The van der Waals surface area contributed by atoms with Crippen LogP contribution in [0.5, 0.6) is 11.5 Å². The van der Waals surface area contributed by atoms with Gasteiger partial charge in [-0.3, -0.25) is 4.79 Å². The molecule has 1 N–H and O–H groups in total. The minimum absolute atomic E-state index is 0.0383. The van der Waals surface area contributed by atoms with E-state index in [9.17, 15) is 9.90 Å². The SMILES string of the molecule is COc1cccc([C@H]2O[C@H](C(C)CCC(=O)O)c3cccn3-c3ccc(Cl)cc32)c1OC. The summed E-state index contributed by atoms with van der Waals surface area (Å²) in [6.45, 7) is 2.02. The maximum atomic E-state index is 11.2. The zero-order valence-corrected chi connectivity index (χ0v) is 19.0. The number of ether oxygens (including phenoxy) is 3. The van der Waals surface area contributed by atoms with Gasteiger partial charge < -0.3 is 23.9 Å². The summed E-state index contributed by atoms with van der Waals surface area (Å²) in [7, 11) is 3.20. The summed E-state index contributed by atoms with van der Waals surface area (Å²) in [6, 6.07) is 15.4. The second-order valence-corrected chi connectivity index (χ2v) is 8.37. The Morgan fingerprint density at radius 3 is 2.69 bits per heavy atom. The monoisotopic (exact) mass is 455 g/mol. The van der Waals surface area contributed by atoms with E-state index in [1.807, 2.05) is 61.7 Å². The number of nitrogens with zero attached hydrogens (tertiary/aromatic N) is 1. The number of carboxylic acids is 1.